The molecule has 3 nitrogen and oxygen atoms in total. The summed E-state index contributed by atoms with van der Waals surface area (Å²) in [6, 6.07) is 12.9. The predicted octanol–water partition coefficient (Wildman–Crippen LogP) is 5.53. The molecule has 1 saturated heterocycles. The van der Waals surface area contributed by atoms with Crippen molar-refractivity contribution in [2.24, 2.45) is 0 Å². The molecule has 7 heteroatoms. The van der Waals surface area contributed by atoms with Crippen molar-refractivity contribution in [3.05, 3.63) is 80.5 Å². The summed E-state index contributed by atoms with van der Waals surface area (Å²) in [4.78, 5) is 7.73. The maximum atomic E-state index is 13.8. The molecule has 3 heterocycles. The Morgan fingerprint density at radius 2 is 2.12 bits per heavy atom. The summed E-state index contributed by atoms with van der Waals surface area (Å²) in [5.74, 6) is -0.219. The van der Waals surface area contributed by atoms with E-state index < -0.39 is 0 Å². The number of thiocarbonyl (C=S) groups is 1. The van der Waals surface area contributed by atoms with Crippen LogP contribution in [0.3, 0.4) is 0 Å². The van der Waals surface area contributed by atoms with Crippen LogP contribution in [0.4, 0.5) is 10.1 Å². The SMILES string of the molecule is Cc1cc(N2C(=S)N[C@H](c3ccccn3)[C@@H]2c2cc(Br)cs2)ccc1F. The minimum atomic E-state index is -0.219. The molecule has 1 N–H and O–H groups in total. The summed E-state index contributed by atoms with van der Waals surface area (Å²) in [7, 11) is 0. The van der Waals surface area contributed by atoms with Gasteiger partial charge in [-0.2, -0.15) is 0 Å². The van der Waals surface area contributed by atoms with E-state index >= 15 is 0 Å². The van der Waals surface area contributed by atoms with Crippen LogP contribution < -0.4 is 10.2 Å². The Morgan fingerprint density at radius 1 is 1.27 bits per heavy atom. The molecule has 0 spiro atoms. The maximum Gasteiger partial charge on any atom is 0.174 e. The van der Waals surface area contributed by atoms with E-state index in [0.717, 1.165) is 20.7 Å². The van der Waals surface area contributed by atoms with E-state index in [2.05, 4.69) is 42.6 Å². The van der Waals surface area contributed by atoms with Gasteiger partial charge in [-0.25, -0.2) is 4.39 Å². The molecule has 26 heavy (non-hydrogen) atoms. The van der Waals surface area contributed by atoms with E-state index in [1.165, 1.54) is 6.07 Å². The Labute approximate surface area is 169 Å². The van der Waals surface area contributed by atoms with Crippen LogP contribution in [0.25, 0.3) is 0 Å². The molecule has 3 aromatic rings. The third kappa shape index (κ3) is 3.15. The number of nitrogens with one attached hydrogen (secondary N) is 1. The second kappa shape index (κ2) is 7.06. The first kappa shape index (κ1) is 17.6. The number of benzene rings is 1. The predicted molar refractivity (Wildman–Crippen MR) is 111 cm³/mol. The van der Waals surface area contributed by atoms with E-state index in [4.69, 9.17) is 12.2 Å². The molecule has 0 aliphatic carbocycles. The monoisotopic (exact) mass is 447 g/mol. The topological polar surface area (TPSA) is 28.2 Å². The molecule has 1 aliphatic rings. The van der Waals surface area contributed by atoms with Gasteiger partial charge in [0.05, 0.1) is 17.8 Å². The van der Waals surface area contributed by atoms with Crippen molar-refractivity contribution < 1.29 is 4.39 Å². The number of pyridine rings is 1. The van der Waals surface area contributed by atoms with Gasteiger partial charge in [-0.05, 0) is 77.0 Å². The van der Waals surface area contributed by atoms with Gasteiger partial charge in [-0.3, -0.25) is 4.98 Å². The number of thiophene rings is 1. The number of aryl methyl sites for hydroxylation is 1. The zero-order valence-corrected chi connectivity index (χ0v) is 17.0. The average molecular weight is 448 g/mol. The molecule has 0 radical (unpaired) electrons. The van der Waals surface area contributed by atoms with E-state index in [1.807, 2.05) is 24.3 Å². The highest BCUT2D eigenvalue weighted by Crippen LogP contribution is 2.44. The molecule has 4 rings (SSSR count). The standard InChI is InChI=1S/C19H15BrFN3S2/c1-11-8-13(5-6-14(11)21)24-18(16-9-12(20)10-26-16)17(23-19(24)25)15-4-2-3-7-22-15/h2-10,17-18H,1H3,(H,23,25)/t17-,18+/m1/s1. The van der Waals surface area contributed by atoms with Crippen LogP contribution in [-0.4, -0.2) is 10.1 Å². The van der Waals surface area contributed by atoms with Crippen molar-refractivity contribution in [1.29, 1.82) is 0 Å². The molecule has 2 aromatic heterocycles. The van der Waals surface area contributed by atoms with Gasteiger partial charge in [0.2, 0.25) is 0 Å². The van der Waals surface area contributed by atoms with E-state index in [-0.39, 0.29) is 17.9 Å². The van der Waals surface area contributed by atoms with Gasteiger partial charge >= 0.3 is 0 Å². The fourth-order valence-electron chi connectivity index (χ4n) is 3.18. The minimum Gasteiger partial charge on any atom is -0.351 e. The molecular weight excluding hydrogens is 433 g/mol. The zero-order chi connectivity index (χ0) is 18.3. The number of anilines is 1. The molecule has 1 aromatic carbocycles. The largest absolute Gasteiger partial charge is 0.351 e. The molecule has 1 fully saturated rings. The Balaban J connectivity index is 1.83. The van der Waals surface area contributed by atoms with Crippen LogP contribution >= 0.6 is 39.5 Å². The summed E-state index contributed by atoms with van der Waals surface area (Å²) in [5.41, 5.74) is 2.39. The third-order valence-corrected chi connectivity index (χ3v) is 6.48. The van der Waals surface area contributed by atoms with Crippen molar-refractivity contribution in [3.8, 4) is 0 Å². The lowest BCUT2D eigenvalue weighted by molar-refractivity contribution is 0.574. The third-order valence-electron chi connectivity index (χ3n) is 4.40. The van der Waals surface area contributed by atoms with Crippen molar-refractivity contribution in [2.45, 2.75) is 19.0 Å². The lowest BCUT2D eigenvalue weighted by Gasteiger charge is -2.27. The Bertz CT molecular complexity index is 960. The quantitative estimate of drug-likeness (QED) is 0.534. The number of nitrogens with zero attached hydrogens (tertiary/aromatic N) is 2. The van der Waals surface area contributed by atoms with Crippen molar-refractivity contribution in [1.82, 2.24) is 10.3 Å². The lowest BCUT2D eigenvalue weighted by atomic mass is 10.0. The number of aromatic nitrogens is 1. The number of hydrogen-bond acceptors (Lipinski definition) is 3. The molecule has 0 unspecified atom stereocenters. The maximum absolute atomic E-state index is 13.8. The van der Waals surface area contributed by atoms with E-state index in [9.17, 15) is 4.39 Å². The van der Waals surface area contributed by atoms with Crippen molar-refractivity contribution in [2.75, 3.05) is 4.90 Å². The summed E-state index contributed by atoms with van der Waals surface area (Å²) < 4.78 is 14.8. The van der Waals surface area contributed by atoms with Gasteiger partial charge in [-0.15, -0.1) is 11.3 Å². The number of halogens is 2. The Hall–Kier alpha value is -1.83. The summed E-state index contributed by atoms with van der Waals surface area (Å²) in [5, 5.41) is 6.07. The second-order valence-corrected chi connectivity index (χ2v) is 8.34. The molecule has 2 atom stereocenters. The van der Waals surface area contributed by atoms with Crippen LogP contribution in [0.2, 0.25) is 0 Å². The normalized spacial score (nSPS) is 19.7. The van der Waals surface area contributed by atoms with Crippen molar-refractivity contribution in [3.63, 3.8) is 0 Å². The van der Waals surface area contributed by atoms with Gasteiger partial charge in [-0.1, -0.05) is 6.07 Å². The molecule has 132 valence electrons. The lowest BCUT2D eigenvalue weighted by Crippen LogP contribution is -2.29. The number of hydrogen-bond donors (Lipinski definition) is 1. The summed E-state index contributed by atoms with van der Waals surface area (Å²) in [6.45, 7) is 1.76. The minimum absolute atomic E-state index is 0.0569. The van der Waals surface area contributed by atoms with Crippen LogP contribution in [0, 0.1) is 12.7 Å². The highest BCUT2D eigenvalue weighted by Gasteiger charge is 2.41. The van der Waals surface area contributed by atoms with Gasteiger partial charge < -0.3 is 10.2 Å². The molecule has 0 amide bonds. The first-order valence-corrected chi connectivity index (χ1v) is 10.1. The van der Waals surface area contributed by atoms with Crippen LogP contribution in [0.5, 0.6) is 0 Å². The summed E-state index contributed by atoms with van der Waals surface area (Å²) in [6.07, 6.45) is 1.78. The van der Waals surface area contributed by atoms with E-state index in [1.54, 1.807) is 30.5 Å². The highest BCUT2D eigenvalue weighted by molar-refractivity contribution is 9.10. The van der Waals surface area contributed by atoms with Gasteiger partial charge in [0.15, 0.2) is 5.11 Å². The highest BCUT2D eigenvalue weighted by atomic mass is 79.9. The summed E-state index contributed by atoms with van der Waals surface area (Å²) >= 11 is 10.9. The first-order chi connectivity index (χ1) is 12.5. The molecule has 0 bridgehead atoms. The van der Waals surface area contributed by atoms with E-state index in [0.29, 0.717) is 10.7 Å². The molecule has 1 aliphatic heterocycles. The Kier molecular flexibility index (Phi) is 4.77. The average Bonchev–Trinajstić information content (AvgIpc) is 3.21. The van der Waals surface area contributed by atoms with Crippen LogP contribution in [-0.2, 0) is 0 Å². The molecular formula is C19H15BrFN3S2. The smallest absolute Gasteiger partial charge is 0.174 e. The fourth-order valence-corrected chi connectivity index (χ4v) is 5.10. The second-order valence-electron chi connectivity index (χ2n) is 6.10. The van der Waals surface area contributed by atoms with Crippen LogP contribution in [0.15, 0.2) is 58.5 Å². The zero-order valence-electron chi connectivity index (χ0n) is 13.8. The first-order valence-electron chi connectivity index (χ1n) is 8.05. The Morgan fingerprint density at radius 3 is 2.77 bits per heavy atom. The fraction of sp³-hybridized carbons (Fsp3) is 0.158. The molecule has 0 saturated carbocycles. The van der Waals surface area contributed by atoms with Gasteiger partial charge in [0.1, 0.15) is 5.82 Å². The van der Waals surface area contributed by atoms with Gasteiger partial charge in [0, 0.05) is 26.6 Å². The van der Waals surface area contributed by atoms with Gasteiger partial charge in [0.25, 0.3) is 0 Å². The number of rotatable bonds is 3. The van der Waals surface area contributed by atoms with Crippen LogP contribution in [0.1, 0.15) is 28.2 Å². The van der Waals surface area contributed by atoms with Crippen molar-refractivity contribution >= 4 is 50.3 Å².